The van der Waals surface area contributed by atoms with Crippen molar-refractivity contribution in [3.8, 4) is 0 Å². The number of thioether (sulfide) groups is 1. The van der Waals surface area contributed by atoms with Crippen LogP contribution in [0.4, 0.5) is 0 Å². The lowest BCUT2D eigenvalue weighted by Crippen LogP contribution is -1.99. The second-order valence-corrected chi connectivity index (χ2v) is 3.17. The smallest absolute Gasteiger partial charge is 0.0556 e. The van der Waals surface area contributed by atoms with Crippen LogP contribution < -0.4 is 0 Å². The highest BCUT2D eigenvalue weighted by Gasteiger charge is 1.87. The van der Waals surface area contributed by atoms with Gasteiger partial charge >= 0.3 is 0 Å². The van der Waals surface area contributed by atoms with E-state index in [1.165, 1.54) is 0 Å². The van der Waals surface area contributed by atoms with Crippen molar-refractivity contribution in [1.29, 1.82) is 0 Å². The largest absolute Gasteiger partial charge is 0.396 e. The van der Waals surface area contributed by atoms with Gasteiger partial charge in [-0.25, -0.2) is 0 Å². The number of aliphatic hydroxyl groups is 1. The zero-order valence-electron chi connectivity index (χ0n) is 6.51. The molecule has 0 amide bonds. The van der Waals surface area contributed by atoms with Crippen LogP contribution in [0.3, 0.4) is 0 Å². The standard InChI is InChI=1S/C7H16O2S/c1-2-4-9-5-7-10-6-3-8/h8H,2-7H2,1H3. The number of aliphatic hydroxyl groups excluding tert-OH is 1. The monoisotopic (exact) mass is 164 g/mol. The molecular weight excluding hydrogens is 148 g/mol. The van der Waals surface area contributed by atoms with Crippen molar-refractivity contribution < 1.29 is 9.84 Å². The van der Waals surface area contributed by atoms with Gasteiger partial charge in [0.1, 0.15) is 0 Å². The number of hydrogen-bond donors (Lipinski definition) is 1. The van der Waals surface area contributed by atoms with E-state index >= 15 is 0 Å². The summed E-state index contributed by atoms with van der Waals surface area (Å²) in [4.78, 5) is 0. The highest BCUT2D eigenvalue weighted by Crippen LogP contribution is 1.97. The van der Waals surface area contributed by atoms with E-state index in [2.05, 4.69) is 6.92 Å². The minimum absolute atomic E-state index is 0.276. The van der Waals surface area contributed by atoms with Gasteiger partial charge in [-0.15, -0.1) is 0 Å². The van der Waals surface area contributed by atoms with Crippen LogP contribution in [0, 0.1) is 0 Å². The third-order valence-electron chi connectivity index (χ3n) is 0.956. The normalized spacial score (nSPS) is 10.2. The molecule has 0 aliphatic rings. The number of rotatable bonds is 7. The fourth-order valence-electron chi connectivity index (χ4n) is 0.531. The fourth-order valence-corrected chi connectivity index (χ4v) is 1.10. The van der Waals surface area contributed by atoms with Gasteiger partial charge in [0, 0.05) is 18.1 Å². The summed E-state index contributed by atoms with van der Waals surface area (Å²) >= 11 is 1.73. The molecule has 0 aromatic heterocycles. The molecule has 0 radical (unpaired) electrons. The van der Waals surface area contributed by atoms with E-state index in [-0.39, 0.29) is 6.61 Å². The average molecular weight is 164 g/mol. The van der Waals surface area contributed by atoms with E-state index in [1.54, 1.807) is 11.8 Å². The summed E-state index contributed by atoms with van der Waals surface area (Å²) in [5.74, 6) is 1.83. The zero-order chi connectivity index (χ0) is 7.66. The van der Waals surface area contributed by atoms with Gasteiger partial charge in [0.15, 0.2) is 0 Å². The molecule has 62 valence electrons. The molecule has 0 fully saturated rings. The first-order chi connectivity index (χ1) is 4.91. The Morgan fingerprint density at radius 3 is 2.70 bits per heavy atom. The van der Waals surface area contributed by atoms with Crippen LogP contribution in [-0.2, 0) is 4.74 Å². The van der Waals surface area contributed by atoms with E-state index in [4.69, 9.17) is 9.84 Å². The highest BCUT2D eigenvalue weighted by atomic mass is 32.2. The van der Waals surface area contributed by atoms with E-state index in [1.807, 2.05) is 0 Å². The Labute approximate surface area is 67.0 Å². The summed E-state index contributed by atoms with van der Waals surface area (Å²) in [7, 11) is 0. The Morgan fingerprint density at radius 1 is 1.30 bits per heavy atom. The molecule has 0 atom stereocenters. The van der Waals surface area contributed by atoms with Gasteiger partial charge in [0.2, 0.25) is 0 Å². The maximum atomic E-state index is 8.41. The predicted molar refractivity (Wildman–Crippen MR) is 45.5 cm³/mol. The van der Waals surface area contributed by atoms with Crippen molar-refractivity contribution in [2.45, 2.75) is 13.3 Å². The molecule has 1 N–H and O–H groups in total. The molecule has 0 saturated carbocycles. The molecule has 0 aliphatic heterocycles. The summed E-state index contributed by atoms with van der Waals surface area (Å²) in [6.45, 7) is 4.05. The lowest BCUT2D eigenvalue weighted by atomic mass is 10.5. The second-order valence-electron chi connectivity index (χ2n) is 1.95. The molecule has 0 bridgehead atoms. The van der Waals surface area contributed by atoms with Gasteiger partial charge in [-0.05, 0) is 6.42 Å². The first-order valence-electron chi connectivity index (χ1n) is 3.68. The van der Waals surface area contributed by atoms with E-state index in [0.29, 0.717) is 0 Å². The Bertz CT molecular complexity index is 51.6. The highest BCUT2D eigenvalue weighted by molar-refractivity contribution is 7.99. The summed E-state index contributed by atoms with van der Waals surface area (Å²) in [6.07, 6.45) is 1.09. The molecule has 2 nitrogen and oxygen atoms in total. The zero-order valence-corrected chi connectivity index (χ0v) is 7.32. The van der Waals surface area contributed by atoms with Crippen molar-refractivity contribution in [1.82, 2.24) is 0 Å². The van der Waals surface area contributed by atoms with Gasteiger partial charge in [-0.3, -0.25) is 0 Å². The molecule has 0 unspecified atom stereocenters. The number of hydrogen-bond acceptors (Lipinski definition) is 3. The number of ether oxygens (including phenoxy) is 1. The van der Waals surface area contributed by atoms with E-state index in [9.17, 15) is 0 Å². The van der Waals surface area contributed by atoms with Crippen molar-refractivity contribution in [2.75, 3.05) is 31.3 Å². The molecule has 10 heavy (non-hydrogen) atoms. The lowest BCUT2D eigenvalue weighted by molar-refractivity contribution is 0.151. The summed E-state index contributed by atoms with van der Waals surface area (Å²) in [5, 5.41) is 8.41. The Hall–Kier alpha value is 0.270. The SMILES string of the molecule is CCCOCCSCCO. The first kappa shape index (κ1) is 10.3. The van der Waals surface area contributed by atoms with Gasteiger partial charge in [0.05, 0.1) is 13.2 Å². The van der Waals surface area contributed by atoms with Gasteiger partial charge < -0.3 is 9.84 Å². The Kier molecular flexibility index (Phi) is 9.52. The van der Waals surface area contributed by atoms with Gasteiger partial charge in [-0.2, -0.15) is 11.8 Å². The van der Waals surface area contributed by atoms with Crippen molar-refractivity contribution in [3.63, 3.8) is 0 Å². The maximum absolute atomic E-state index is 8.41. The van der Waals surface area contributed by atoms with Crippen LogP contribution in [0.25, 0.3) is 0 Å². The predicted octanol–water partition coefficient (Wildman–Crippen LogP) is 1.14. The van der Waals surface area contributed by atoms with Crippen molar-refractivity contribution >= 4 is 11.8 Å². The van der Waals surface area contributed by atoms with E-state index < -0.39 is 0 Å². The topological polar surface area (TPSA) is 29.5 Å². The quantitative estimate of drug-likeness (QED) is 0.572. The Balaban J connectivity index is 2.65. The molecule has 0 aliphatic carbocycles. The molecule has 0 aromatic carbocycles. The third-order valence-corrected chi connectivity index (χ3v) is 1.88. The molecule has 0 heterocycles. The maximum Gasteiger partial charge on any atom is 0.0556 e. The van der Waals surface area contributed by atoms with Crippen LogP contribution in [0.15, 0.2) is 0 Å². The van der Waals surface area contributed by atoms with Crippen LogP contribution >= 0.6 is 11.8 Å². The minimum Gasteiger partial charge on any atom is -0.396 e. The molecular formula is C7H16O2S. The average Bonchev–Trinajstić information content (AvgIpc) is 1.97. The van der Waals surface area contributed by atoms with Gasteiger partial charge in [0.25, 0.3) is 0 Å². The second kappa shape index (κ2) is 9.27. The van der Waals surface area contributed by atoms with Crippen LogP contribution in [0.5, 0.6) is 0 Å². The molecule has 0 aromatic rings. The molecule has 3 heteroatoms. The van der Waals surface area contributed by atoms with Crippen LogP contribution in [0.2, 0.25) is 0 Å². The Morgan fingerprint density at radius 2 is 2.10 bits per heavy atom. The van der Waals surface area contributed by atoms with Crippen LogP contribution in [-0.4, -0.2) is 36.4 Å². The molecule has 0 spiro atoms. The fraction of sp³-hybridized carbons (Fsp3) is 1.00. The molecule has 0 saturated heterocycles. The lowest BCUT2D eigenvalue weighted by Gasteiger charge is -2.00. The molecule has 0 rings (SSSR count). The summed E-state index contributed by atoms with van der Waals surface area (Å²) in [6, 6.07) is 0. The minimum atomic E-state index is 0.276. The third kappa shape index (κ3) is 8.27. The van der Waals surface area contributed by atoms with E-state index in [0.717, 1.165) is 31.1 Å². The van der Waals surface area contributed by atoms with Gasteiger partial charge in [-0.1, -0.05) is 6.92 Å². The van der Waals surface area contributed by atoms with Crippen molar-refractivity contribution in [2.24, 2.45) is 0 Å². The first-order valence-corrected chi connectivity index (χ1v) is 4.83. The van der Waals surface area contributed by atoms with Crippen molar-refractivity contribution in [3.05, 3.63) is 0 Å². The van der Waals surface area contributed by atoms with Crippen LogP contribution in [0.1, 0.15) is 13.3 Å². The summed E-state index contributed by atoms with van der Waals surface area (Å²) in [5.41, 5.74) is 0. The summed E-state index contributed by atoms with van der Waals surface area (Å²) < 4.78 is 5.23.